The standard InChI is InChI=1S/C30H34N4O3/c1-37-28(35)19-25-18-27(34(30(25)36)17-5-8-21-6-3-2-4-7-21)20-33-26-15-13-23(14-16-26)22-9-11-24(12-10-22)29(31)32/h2-4,6-7,9-16,25,27,33H,5,8,17-20H2,1H3,(H3,31,32)/t25-,27-/m0/s1. The number of nitrogens with two attached hydrogens (primary N) is 1. The van der Waals surface area contributed by atoms with Crippen molar-refractivity contribution in [2.24, 2.45) is 11.7 Å². The molecule has 0 radical (unpaired) electrons. The number of amidine groups is 1. The molecule has 7 heteroatoms. The summed E-state index contributed by atoms with van der Waals surface area (Å²) >= 11 is 0. The molecule has 192 valence electrons. The Morgan fingerprint density at radius 3 is 2.30 bits per heavy atom. The van der Waals surface area contributed by atoms with E-state index in [1.54, 1.807) is 0 Å². The molecular formula is C30H34N4O3. The van der Waals surface area contributed by atoms with Gasteiger partial charge in [0.2, 0.25) is 5.91 Å². The SMILES string of the molecule is COC(=O)C[C@@H]1C[C@@H](CNc2ccc(-c3ccc(C(=N)N)cc3)cc2)N(CCCc2ccccc2)C1=O. The summed E-state index contributed by atoms with van der Waals surface area (Å²) < 4.78 is 4.82. The van der Waals surface area contributed by atoms with Crippen LogP contribution in [0.2, 0.25) is 0 Å². The molecule has 4 N–H and O–H groups in total. The Balaban J connectivity index is 1.38. The molecule has 37 heavy (non-hydrogen) atoms. The predicted octanol–water partition coefficient (Wildman–Crippen LogP) is 4.46. The van der Waals surface area contributed by atoms with Crippen molar-refractivity contribution >= 4 is 23.4 Å². The number of esters is 1. The highest BCUT2D eigenvalue weighted by molar-refractivity contribution is 5.95. The molecule has 0 saturated carbocycles. The maximum atomic E-state index is 13.2. The summed E-state index contributed by atoms with van der Waals surface area (Å²) in [5, 5.41) is 11.0. The predicted molar refractivity (Wildman–Crippen MR) is 146 cm³/mol. The van der Waals surface area contributed by atoms with Gasteiger partial charge < -0.3 is 20.7 Å². The van der Waals surface area contributed by atoms with Gasteiger partial charge in [0.05, 0.1) is 19.4 Å². The van der Waals surface area contributed by atoms with Crippen molar-refractivity contribution < 1.29 is 14.3 Å². The van der Waals surface area contributed by atoms with Crippen LogP contribution in [0.5, 0.6) is 0 Å². The summed E-state index contributed by atoms with van der Waals surface area (Å²) in [5.74, 6) is -0.589. The fraction of sp³-hybridized carbons (Fsp3) is 0.300. The quantitative estimate of drug-likeness (QED) is 0.205. The second-order valence-electron chi connectivity index (χ2n) is 9.44. The van der Waals surface area contributed by atoms with Crippen LogP contribution < -0.4 is 11.1 Å². The number of methoxy groups -OCH3 is 1. The zero-order valence-corrected chi connectivity index (χ0v) is 21.2. The van der Waals surface area contributed by atoms with Crippen molar-refractivity contribution in [3.8, 4) is 11.1 Å². The highest BCUT2D eigenvalue weighted by Gasteiger charge is 2.40. The lowest BCUT2D eigenvalue weighted by molar-refractivity contribution is -0.144. The average molecular weight is 499 g/mol. The molecular weight excluding hydrogens is 464 g/mol. The minimum atomic E-state index is -0.344. The summed E-state index contributed by atoms with van der Waals surface area (Å²) in [7, 11) is 1.36. The highest BCUT2D eigenvalue weighted by Crippen LogP contribution is 2.29. The highest BCUT2D eigenvalue weighted by atomic mass is 16.5. The van der Waals surface area contributed by atoms with Crippen LogP contribution in [0, 0.1) is 11.3 Å². The lowest BCUT2D eigenvalue weighted by Gasteiger charge is -2.25. The molecule has 0 aliphatic carbocycles. The number of ether oxygens (including phenoxy) is 1. The number of hydrogen-bond acceptors (Lipinski definition) is 5. The Bertz CT molecular complexity index is 1210. The Labute approximate surface area is 218 Å². The maximum absolute atomic E-state index is 13.2. The number of carbonyl (C=O) groups is 2. The molecule has 3 aromatic carbocycles. The van der Waals surface area contributed by atoms with Gasteiger partial charge in [0.15, 0.2) is 0 Å². The number of nitrogens with zero attached hydrogens (tertiary/aromatic N) is 1. The van der Waals surface area contributed by atoms with Crippen LogP contribution in [0.15, 0.2) is 78.9 Å². The molecule has 1 aliphatic rings. The monoisotopic (exact) mass is 498 g/mol. The van der Waals surface area contributed by atoms with Gasteiger partial charge in [-0.2, -0.15) is 0 Å². The third-order valence-electron chi connectivity index (χ3n) is 6.93. The van der Waals surface area contributed by atoms with E-state index < -0.39 is 0 Å². The van der Waals surface area contributed by atoms with Gasteiger partial charge in [-0.1, -0.05) is 66.7 Å². The summed E-state index contributed by atoms with van der Waals surface area (Å²) in [6.45, 7) is 1.27. The first-order valence-corrected chi connectivity index (χ1v) is 12.6. The molecule has 1 heterocycles. The first-order valence-electron chi connectivity index (χ1n) is 12.6. The average Bonchev–Trinajstić information content (AvgIpc) is 3.22. The normalized spacial score (nSPS) is 17.0. The zero-order valence-electron chi connectivity index (χ0n) is 21.2. The van der Waals surface area contributed by atoms with Crippen LogP contribution in [-0.2, 0) is 20.7 Å². The summed E-state index contributed by atoms with van der Waals surface area (Å²) in [5.41, 5.74) is 10.6. The first kappa shape index (κ1) is 25.9. The van der Waals surface area contributed by atoms with E-state index in [-0.39, 0.29) is 36.1 Å². The van der Waals surface area contributed by atoms with Crippen LogP contribution in [0.1, 0.15) is 30.4 Å². The minimum absolute atomic E-state index is 0.0109. The molecule has 0 aromatic heterocycles. The lowest BCUT2D eigenvalue weighted by atomic mass is 10.0. The molecule has 0 bridgehead atoms. The second-order valence-corrected chi connectivity index (χ2v) is 9.44. The molecule has 3 aromatic rings. The molecule has 4 rings (SSSR count). The smallest absolute Gasteiger partial charge is 0.306 e. The van der Waals surface area contributed by atoms with Crippen molar-refractivity contribution in [3.05, 3.63) is 90.0 Å². The van der Waals surface area contributed by atoms with E-state index in [0.29, 0.717) is 25.1 Å². The Morgan fingerprint density at radius 1 is 1.03 bits per heavy atom. The van der Waals surface area contributed by atoms with Gasteiger partial charge in [-0.3, -0.25) is 15.0 Å². The summed E-state index contributed by atoms with van der Waals surface area (Å²) in [6.07, 6.45) is 2.53. The lowest BCUT2D eigenvalue weighted by Crippen LogP contribution is -2.39. The number of aryl methyl sites for hydroxylation is 1. The van der Waals surface area contributed by atoms with Crippen molar-refractivity contribution in [3.63, 3.8) is 0 Å². The van der Waals surface area contributed by atoms with E-state index in [2.05, 4.69) is 17.4 Å². The van der Waals surface area contributed by atoms with E-state index in [4.69, 9.17) is 15.9 Å². The van der Waals surface area contributed by atoms with Gasteiger partial charge in [0, 0.05) is 30.4 Å². The largest absolute Gasteiger partial charge is 0.469 e. The summed E-state index contributed by atoms with van der Waals surface area (Å²) in [4.78, 5) is 27.0. The molecule has 2 atom stereocenters. The molecule has 1 amide bonds. The maximum Gasteiger partial charge on any atom is 0.306 e. The number of nitrogen functional groups attached to an aromatic ring is 1. The number of nitrogens with one attached hydrogen (secondary N) is 2. The van der Waals surface area contributed by atoms with E-state index in [1.807, 2.05) is 71.6 Å². The molecule has 1 fully saturated rings. The number of carbonyl (C=O) groups excluding carboxylic acids is 2. The Hall–Kier alpha value is -4.13. The third kappa shape index (κ3) is 6.76. The van der Waals surface area contributed by atoms with Crippen LogP contribution in [0.25, 0.3) is 11.1 Å². The Morgan fingerprint density at radius 2 is 1.68 bits per heavy atom. The van der Waals surface area contributed by atoms with E-state index in [1.165, 1.54) is 12.7 Å². The number of benzene rings is 3. The molecule has 1 saturated heterocycles. The third-order valence-corrected chi connectivity index (χ3v) is 6.93. The first-order chi connectivity index (χ1) is 17.9. The van der Waals surface area contributed by atoms with Crippen molar-refractivity contribution in [2.75, 3.05) is 25.5 Å². The van der Waals surface area contributed by atoms with Gasteiger partial charge in [-0.15, -0.1) is 0 Å². The van der Waals surface area contributed by atoms with Gasteiger partial charge in [0.25, 0.3) is 0 Å². The molecule has 0 spiro atoms. The summed E-state index contributed by atoms with van der Waals surface area (Å²) in [6, 6.07) is 26.0. The van der Waals surface area contributed by atoms with Crippen LogP contribution in [-0.4, -0.2) is 48.9 Å². The fourth-order valence-corrected chi connectivity index (χ4v) is 4.87. The van der Waals surface area contributed by atoms with Crippen molar-refractivity contribution in [2.45, 2.75) is 31.7 Å². The number of hydrogen-bond donors (Lipinski definition) is 3. The fourth-order valence-electron chi connectivity index (χ4n) is 4.87. The Kier molecular flexibility index (Phi) is 8.56. The molecule has 1 aliphatic heterocycles. The van der Waals surface area contributed by atoms with Gasteiger partial charge in [-0.25, -0.2) is 0 Å². The number of anilines is 1. The molecule has 7 nitrogen and oxygen atoms in total. The number of amides is 1. The van der Waals surface area contributed by atoms with Crippen molar-refractivity contribution in [1.29, 1.82) is 5.41 Å². The van der Waals surface area contributed by atoms with Crippen molar-refractivity contribution in [1.82, 2.24) is 4.90 Å². The van der Waals surface area contributed by atoms with Gasteiger partial charge in [-0.05, 0) is 48.1 Å². The van der Waals surface area contributed by atoms with E-state index in [0.717, 1.165) is 29.7 Å². The van der Waals surface area contributed by atoms with Crippen LogP contribution in [0.4, 0.5) is 5.69 Å². The van der Waals surface area contributed by atoms with Gasteiger partial charge >= 0.3 is 5.97 Å². The van der Waals surface area contributed by atoms with E-state index >= 15 is 0 Å². The number of rotatable bonds is 11. The second kappa shape index (κ2) is 12.2. The minimum Gasteiger partial charge on any atom is -0.469 e. The van der Waals surface area contributed by atoms with Crippen LogP contribution in [0.3, 0.4) is 0 Å². The molecule has 0 unspecified atom stereocenters. The van der Waals surface area contributed by atoms with E-state index in [9.17, 15) is 9.59 Å². The topological polar surface area (TPSA) is 109 Å². The number of likely N-dealkylation sites (tertiary alicyclic amines) is 1. The zero-order chi connectivity index (χ0) is 26.2. The van der Waals surface area contributed by atoms with Crippen LogP contribution >= 0.6 is 0 Å². The van der Waals surface area contributed by atoms with Gasteiger partial charge in [0.1, 0.15) is 5.84 Å².